The molecule has 0 saturated carbocycles. The van der Waals surface area contributed by atoms with E-state index in [1.54, 1.807) is 32.3 Å². The van der Waals surface area contributed by atoms with Crippen LogP contribution in [0, 0.1) is 29.8 Å². The lowest BCUT2D eigenvalue weighted by Crippen LogP contribution is -2.16. The Hall–Kier alpha value is -3.58. The Labute approximate surface area is 205 Å². The molecule has 1 amide bonds. The molecule has 0 spiro atoms. The molecule has 3 heterocycles. The molecular weight excluding hydrogens is 535 g/mol. The summed E-state index contributed by atoms with van der Waals surface area (Å²) in [5, 5.41) is 26.7. The molecule has 0 fully saturated rings. The normalized spacial score (nSPS) is 11.1. The summed E-state index contributed by atoms with van der Waals surface area (Å²) in [4.78, 5) is 23.4. The number of hydrogen-bond acceptors (Lipinski definition) is 6. The maximum absolute atomic E-state index is 14.1. The molecule has 0 aliphatic carbocycles. The zero-order valence-corrected chi connectivity index (χ0v) is 20.2. The fourth-order valence-electron chi connectivity index (χ4n) is 3.37. The highest BCUT2D eigenvalue weighted by atomic mass is 79.9. The molecule has 0 unspecified atom stereocenters. The van der Waals surface area contributed by atoms with Crippen molar-refractivity contribution in [1.82, 2.24) is 29.3 Å². The van der Waals surface area contributed by atoms with Crippen LogP contribution in [0.4, 0.5) is 15.9 Å². The first-order chi connectivity index (χ1) is 16.1. The van der Waals surface area contributed by atoms with Gasteiger partial charge in [-0.2, -0.15) is 15.3 Å². The van der Waals surface area contributed by atoms with Crippen molar-refractivity contribution in [2.75, 3.05) is 5.32 Å². The quantitative estimate of drug-likeness (QED) is 0.271. The van der Waals surface area contributed by atoms with Gasteiger partial charge in [-0.05, 0) is 48.0 Å². The second kappa shape index (κ2) is 9.35. The Kier molecular flexibility index (Phi) is 6.48. The molecule has 176 valence electrons. The minimum Gasteiger partial charge on any atom is -0.303 e. The van der Waals surface area contributed by atoms with Gasteiger partial charge in [0.2, 0.25) is 0 Å². The van der Waals surface area contributed by atoms with Crippen LogP contribution in [0.25, 0.3) is 0 Å². The van der Waals surface area contributed by atoms with Crippen LogP contribution in [0.5, 0.6) is 0 Å². The number of carbonyl (C=O) groups excluding carboxylic acids is 1. The molecule has 3 aromatic heterocycles. The summed E-state index contributed by atoms with van der Waals surface area (Å²) in [5.41, 5.74) is 1.01. The van der Waals surface area contributed by atoms with Gasteiger partial charge in [0.05, 0.1) is 15.9 Å². The van der Waals surface area contributed by atoms with Crippen LogP contribution >= 0.6 is 27.5 Å². The smallest absolute Gasteiger partial charge is 0.303 e. The van der Waals surface area contributed by atoms with E-state index in [0.717, 1.165) is 0 Å². The zero-order chi connectivity index (χ0) is 24.6. The zero-order valence-electron chi connectivity index (χ0n) is 17.9. The highest BCUT2D eigenvalue weighted by Gasteiger charge is 2.22. The number of nitrogens with zero attached hydrogens (tertiary/aromatic N) is 7. The van der Waals surface area contributed by atoms with E-state index >= 15 is 0 Å². The summed E-state index contributed by atoms with van der Waals surface area (Å²) < 4.78 is 18.9. The predicted molar refractivity (Wildman–Crippen MR) is 124 cm³/mol. The van der Waals surface area contributed by atoms with Crippen LogP contribution in [0.15, 0.2) is 41.1 Å². The van der Waals surface area contributed by atoms with Gasteiger partial charge in [-0.25, -0.2) is 9.07 Å². The number of aromatic nitrogens is 6. The molecule has 0 aliphatic rings. The standard InChI is InChI=1S/C20H17BrClFN8O3/c1-11-18(31(33)34)12(2)30(25-11)10-28-7-6-17(26-28)20(32)24-19-14(21)9-29(27-19)8-13-15(22)4-3-5-16(13)23/h3-7,9H,8,10H2,1-2H3,(H,24,27,32). The fraction of sp³-hybridized carbons (Fsp3) is 0.200. The van der Waals surface area contributed by atoms with Crippen molar-refractivity contribution in [3.63, 3.8) is 0 Å². The maximum atomic E-state index is 14.1. The van der Waals surface area contributed by atoms with Crippen LogP contribution in [0.1, 0.15) is 27.4 Å². The van der Waals surface area contributed by atoms with Crippen molar-refractivity contribution in [2.24, 2.45) is 0 Å². The average Bonchev–Trinajstić information content (AvgIpc) is 3.44. The van der Waals surface area contributed by atoms with Crippen molar-refractivity contribution in [2.45, 2.75) is 27.1 Å². The van der Waals surface area contributed by atoms with E-state index < -0.39 is 16.6 Å². The minimum atomic E-state index is -0.520. The van der Waals surface area contributed by atoms with Gasteiger partial charge in [-0.15, -0.1) is 0 Å². The van der Waals surface area contributed by atoms with E-state index in [4.69, 9.17) is 11.6 Å². The first-order valence-corrected chi connectivity index (χ1v) is 11.0. The Morgan fingerprint density at radius 3 is 2.68 bits per heavy atom. The van der Waals surface area contributed by atoms with Crippen LogP contribution < -0.4 is 5.32 Å². The van der Waals surface area contributed by atoms with Gasteiger partial charge in [0.1, 0.15) is 23.9 Å². The largest absolute Gasteiger partial charge is 0.312 e. The summed E-state index contributed by atoms with van der Waals surface area (Å²) in [7, 11) is 0. The lowest BCUT2D eigenvalue weighted by atomic mass is 10.2. The first-order valence-electron chi connectivity index (χ1n) is 9.83. The van der Waals surface area contributed by atoms with E-state index in [2.05, 4.69) is 36.5 Å². The number of benzene rings is 1. The number of nitrogens with one attached hydrogen (secondary N) is 1. The molecule has 4 rings (SSSR count). The Morgan fingerprint density at radius 1 is 1.24 bits per heavy atom. The minimum absolute atomic E-state index is 0.0535. The van der Waals surface area contributed by atoms with E-state index in [1.807, 2.05) is 0 Å². The SMILES string of the molecule is Cc1nn(Cn2ccc(C(=O)Nc3nn(Cc4c(F)cccc4Cl)cc3Br)n2)c(C)c1[N+](=O)[O-]. The van der Waals surface area contributed by atoms with Gasteiger partial charge in [0.25, 0.3) is 5.91 Å². The van der Waals surface area contributed by atoms with Crippen LogP contribution in [-0.2, 0) is 13.2 Å². The van der Waals surface area contributed by atoms with Crippen LogP contribution in [0.3, 0.4) is 0 Å². The number of aryl methyl sites for hydroxylation is 1. The van der Waals surface area contributed by atoms with Crippen LogP contribution in [0.2, 0.25) is 5.02 Å². The summed E-state index contributed by atoms with van der Waals surface area (Å²) in [6.45, 7) is 3.32. The van der Waals surface area contributed by atoms with Gasteiger partial charge in [-0.1, -0.05) is 17.7 Å². The number of hydrogen-bond donors (Lipinski definition) is 1. The van der Waals surface area contributed by atoms with E-state index in [1.165, 1.54) is 32.2 Å². The van der Waals surface area contributed by atoms with Gasteiger partial charge in [0.15, 0.2) is 11.5 Å². The van der Waals surface area contributed by atoms with E-state index in [9.17, 15) is 19.3 Å². The second-order valence-corrected chi connectivity index (χ2v) is 8.60. The summed E-state index contributed by atoms with van der Waals surface area (Å²) in [6, 6.07) is 5.91. The molecule has 0 radical (unpaired) electrons. The third-order valence-corrected chi connectivity index (χ3v) is 5.94. The molecule has 34 heavy (non-hydrogen) atoms. The number of carbonyl (C=O) groups is 1. The molecule has 1 aromatic carbocycles. The number of amides is 1. The molecule has 11 nitrogen and oxygen atoms in total. The van der Waals surface area contributed by atoms with Crippen LogP contribution in [-0.4, -0.2) is 40.2 Å². The van der Waals surface area contributed by atoms with Gasteiger partial charge in [0, 0.05) is 23.0 Å². The molecular formula is C20H17BrClFN8O3. The first kappa shape index (κ1) is 23.6. The van der Waals surface area contributed by atoms with Crippen molar-refractivity contribution in [3.8, 4) is 0 Å². The second-order valence-electron chi connectivity index (χ2n) is 7.34. The highest BCUT2D eigenvalue weighted by Crippen LogP contribution is 2.25. The van der Waals surface area contributed by atoms with Crippen molar-refractivity contribution < 1.29 is 14.1 Å². The number of rotatable bonds is 7. The topological polar surface area (TPSA) is 126 Å². The molecule has 4 aromatic rings. The molecule has 14 heteroatoms. The maximum Gasteiger partial charge on any atom is 0.312 e. The summed E-state index contributed by atoms with van der Waals surface area (Å²) >= 11 is 9.40. The fourth-order valence-corrected chi connectivity index (χ4v) is 4.01. The van der Waals surface area contributed by atoms with E-state index in [0.29, 0.717) is 15.9 Å². The Bertz CT molecular complexity index is 1390. The third kappa shape index (κ3) is 4.70. The summed E-state index contributed by atoms with van der Waals surface area (Å²) in [5.74, 6) is -0.752. The molecule has 0 saturated heterocycles. The number of nitro groups is 1. The molecule has 1 N–H and O–H groups in total. The monoisotopic (exact) mass is 550 g/mol. The predicted octanol–water partition coefficient (Wildman–Crippen LogP) is 4.16. The third-order valence-electron chi connectivity index (χ3n) is 5.01. The number of halogens is 3. The van der Waals surface area contributed by atoms with E-state index in [-0.39, 0.29) is 41.0 Å². The van der Waals surface area contributed by atoms with Gasteiger partial charge < -0.3 is 5.32 Å². The lowest BCUT2D eigenvalue weighted by Gasteiger charge is -2.06. The van der Waals surface area contributed by atoms with Crippen molar-refractivity contribution in [3.05, 3.63) is 84.7 Å². The Balaban J connectivity index is 1.46. The summed E-state index contributed by atoms with van der Waals surface area (Å²) in [6.07, 6.45) is 3.15. The van der Waals surface area contributed by atoms with Crippen molar-refractivity contribution in [1.29, 1.82) is 0 Å². The Morgan fingerprint density at radius 2 is 2.00 bits per heavy atom. The number of anilines is 1. The average molecular weight is 552 g/mol. The molecule has 0 aliphatic heterocycles. The molecule has 0 atom stereocenters. The highest BCUT2D eigenvalue weighted by molar-refractivity contribution is 9.10. The van der Waals surface area contributed by atoms with Gasteiger partial charge in [-0.3, -0.25) is 24.3 Å². The van der Waals surface area contributed by atoms with Crippen molar-refractivity contribution >= 4 is 44.9 Å². The van der Waals surface area contributed by atoms with Gasteiger partial charge >= 0.3 is 5.69 Å². The molecule has 0 bridgehead atoms. The lowest BCUT2D eigenvalue weighted by molar-refractivity contribution is -0.386.